The quantitative estimate of drug-likeness (QED) is 0.591. The molecule has 0 aromatic carbocycles. The average molecular weight is 371 g/mol. The Kier molecular flexibility index (Phi) is 4.62. The highest BCUT2D eigenvalue weighted by Crippen LogP contribution is 2.34. The largest absolute Gasteiger partial charge is 0.456 e. The predicted octanol–water partition coefficient (Wildman–Crippen LogP) is -0.862. The Morgan fingerprint density at radius 1 is 1.60 bits per heavy atom. The zero-order valence-corrected chi connectivity index (χ0v) is 14.5. The molecule has 0 spiro atoms. The standard InChI is InChI=1S/C14H18N4O6S/c1-3-6(20)7-4-8(23-5(2)19)12(24-7)18-10-9(25-14(18)22)11(21)17-13(15)16-10/h6-8,12,20H,3-4H2,1-2H3,(H3,15,16,17,21)/p+1. The van der Waals surface area contributed by atoms with Crippen molar-refractivity contribution in [2.24, 2.45) is 0 Å². The van der Waals surface area contributed by atoms with Gasteiger partial charge in [-0.1, -0.05) is 18.3 Å². The first-order valence-electron chi connectivity index (χ1n) is 7.78. The van der Waals surface area contributed by atoms with E-state index in [1.54, 1.807) is 6.92 Å². The third-order valence-corrected chi connectivity index (χ3v) is 5.02. The SMILES string of the molecule is CCC(O)C1CC(OC(C)=O)C(n2c(=O)sc3c(=O)[nH]c(N)[nH+]c32)O1. The minimum Gasteiger partial charge on any atom is -0.456 e. The van der Waals surface area contributed by atoms with Crippen molar-refractivity contribution >= 4 is 33.6 Å². The van der Waals surface area contributed by atoms with Crippen molar-refractivity contribution in [1.82, 2.24) is 9.55 Å². The second-order valence-electron chi connectivity index (χ2n) is 5.83. The molecular formula is C14H19N4O6S+. The summed E-state index contributed by atoms with van der Waals surface area (Å²) in [5.74, 6) is -0.546. The number of thiazole rings is 1. The van der Waals surface area contributed by atoms with Crippen LogP contribution in [0.25, 0.3) is 10.3 Å². The number of aliphatic hydroxyl groups excluding tert-OH is 1. The summed E-state index contributed by atoms with van der Waals surface area (Å²) in [5.41, 5.74) is 5.31. The second-order valence-corrected chi connectivity index (χ2v) is 6.79. The molecule has 4 unspecified atom stereocenters. The molecular weight excluding hydrogens is 352 g/mol. The number of nitrogen functional groups attached to an aromatic ring is 1. The van der Waals surface area contributed by atoms with Crippen LogP contribution >= 0.6 is 11.3 Å². The van der Waals surface area contributed by atoms with E-state index in [-0.39, 0.29) is 22.7 Å². The molecule has 136 valence electrons. The van der Waals surface area contributed by atoms with Gasteiger partial charge in [0.05, 0.1) is 12.2 Å². The van der Waals surface area contributed by atoms with Gasteiger partial charge in [0.2, 0.25) is 11.9 Å². The van der Waals surface area contributed by atoms with Crippen molar-refractivity contribution in [3.05, 3.63) is 20.0 Å². The number of rotatable bonds is 4. The Labute approximate surface area is 145 Å². The summed E-state index contributed by atoms with van der Waals surface area (Å²) in [5, 5.41) is 10.1. The number of nitrogens with one attached hydrogen (secondary N) is 2. The van der Waals surface area contributed by atoms with E-state index < -0.39 is 40.9 Å². The fourth-order valence-electron chi connectivity index (χ4n) is 2.95. The van der Waals surface area contributed by atoms with Crippen LogP contribution in [0.2, 0.25) is 0 Å². The number of H-pyrrole nitrogens is 2. The van der Waals surface area contributed by atoms with Crippen LogP contribution in [-0.2, 0) is 14.3 Å². The van der Waals surface area contributed by atoms with Gasteiger partial charge in [0.15, 0.2) is 10.8 Å². The van der Waals surface area contributed by atoms with Crippen LogP contribution in [0.4, 0.5) is 5.95 Å². The van der Waals surface area contributed by atoms with Gasteiger partial charge in [-0.15, -0.1) is 0 Å². The molecule has 3 heterocycles. The van der Waals surface area contributed by atoms with Crippen LogP contribution in [0, 0.1) is 0 Å². The molecule has 5 N–H and O–H groups in total. The molecule has 1 aliphatic heterocycles. The summed E-state index contributed by atoms with van der Waals surface area (Å²) < 4.78 is 12.5. The molecule has 0 radical (unpaired) electrons. The summed E-state index contributed by atoms with van der Waals surface area (Å²) in [4.78, 5) is 40.5. The molecule has 11 heteroatoms. The molecule has 0 aliphatic carbocycles. The highest BCUT2D eigenvalue weighted by Gasteiger charge is 2.44. The van der Waals surface area contributed by atoms with E-state index in [4.69, 9.17) is 15.2 Å². The van der Waals surface area contributed by atoms with Gasteiger partial charge in [0, 0.05) is 13.3 Å². The Hall–Kier alpha value is -2.24. The third-order valence-electron chi connectivity index (χ3n) is 4.07. The number of hydrogen-bond donors (Lipinski definition) is 3. The number of esters is 1. The molecule has 3 rings (SSSR count). The maximum atomic E-state index is 12.5. The lowest BCUT2D eigenvalue weighted by Crippen LogP contribution is -2.33. The van der Waals surface area contributed by atoms with Crippen LogP contribution in [0.1, 0.15) is 32.9 Å². The number of fused-ring (bicyclic) bond motifs is 1. The summed E-state index contributed by atoms with van der Waals surface area (Å²) >= 11 is 0.731. The zero-order valence-electron chi connectivity index (χ0n) is 13.6. The minimum atomic E-state index is -0.964. The molecule has 1 aliphatic rings. The van der Waals surface area contributed by atoms with Crippen LogP contribution in [0.3, 0.4) is 0 Å². The topological polar surface area (TPSA) is 151 Å². The predicted molar refractivity (Wildman–Crippen MR) is 88.1 cm³/mol. The number of aromatic nitrogens is 3. The molecule has 0 saturated carbocycles. The van der Waals surface area contributed by atoms with Crippen LogP contribution < -0.4 is 21.1 Å². The molecule has 0 amide bonds. The van der Waals surface area contributed by atoms with Crippen LogP contribution in [-0.4, -0.2) is 38.9 Å². The second kappa shape index (κ2) is 6.58. The Morgan fingerprint density at radius 2 is 2.32 bits per heavy atom. The molecule has 4 atom stereocenters. The van der Waals surface area contributed by atoms with Crippen molar-refractivity contribution in [2.45, 2.75) is 51.2 Å². The number of aliphatic hydroxyl groups is 1. The fraction of sp³-hybridized carbons (Fsp3) is 0.571. The number of aromatic amines is 2. The number of nitrogens with zero attached hydrogens (tertiary/aromatic N) is 1. The molecule has 1 fully saturated rings. The summed E-state index contributed by atoms with van der Waals surface area (Å²) in [6, 6.07) is 0. The van der Waals surface area contributed by atoms with E-state index in [1.807, 2.05) is 0 Å². The maximum absolute atomic E-state index is 12.5. The fourth-order valence-corrected chi connectivity index (χ4v) is 3.81. The van der Waals surface area contributed by atoms with E-state index in [0.29, 0.717) is 6.42 Å². The lowest BCUT2D eigenvalue weighted by Gasteiger charge is -2.18. The Balaban J connectivity index is 2.10. The van der Waals surface area contributed by atoms with E-state index in [0.717, 1.165) is 11.3 Å². The normalized spacial score (nSPS) is 24.5. The number of ether oxygens (including phenoxy) is 2. The van der Waals surface area contributed by atoms with Gasteiger partial charge in [-0.2, -0.15) is 0 Å². The monoisotopic (exact) mass is 371 g/mol. The molecule has 2 aromatic rings. The van der Waals surface area contributed by atoms with Gasteiger partial charge in [0.1, 0.15) is 0 Å². The highest BCUT2D eigenvalue weighted by atomic mass is 32.1. The molecule has 2 aromatic heterocycles. The smallest absolute Gasteiger partial charge is 0.353 e. The van der Waals surface area contributed by atoms with Gasteiger partial charge in [0.25, 0.3) is 0 Å². The Morgan fingerprint density at radius 3 is 2.96 bits per heavy atom. The van der Waals surface area contributed by atoms with Crippen LogP contribution in [0.5, 0.6) is 0 Å². The van der Waals surface area contributed by atoms with E-state index >= 15 is 0 Å². The van der Waals surface area contributed by atoms with Crippen molar-refractivity contribution in [3.8, 4) is 0 Å². The highest BCUT2D eigenvalue weighted by molar-refractivity contribution is 7.16. The number of anilines is 1. The van der Waals surface area contributed by atoms with Gasteiger partial charge in [-0.3, -0.25) is 9.59 Å². The Bertz CT molecular complexity index is 918. The first-order valence-corrected chi connectivity index (χ1v) is 8.60. The van der Waals surface area contributed by atoms with Gasteiger partial charge < -0.3 is 20.3 Å². The number of carbonyl (C=O) groups excluding carboxylic acids is 1. The van der Waals surface area contributed by atoms with E-state index in [9.17, 15) is 19.5 Å². The van der Waals surface area contributed by atoms with E-state index in [2.05, 4.69) is 9.97 Å². The van der Waals surface area contributed by atoms with Gasteiger partial charge in [-0.25, -0.2) is 19.3 Å². The van der Waals surface area contributed by atoms with Gasteiger partial charge in [-0.05, 0) is 6.42 Å². The third kappa shape index (κ3) is 3.17. The lowest BCUT2D eigenvalue weighted by atomic mass is 10.1. The first kappa shape index (κ1) is 17.6. The average Bonchev–Trinajstić information content (AvgIpc) is 3.06. The van der Waals surface area contributed by atoms with Crippen molar-refractivity contribution < 1.29 is 24.4 Å². The number of nitrogens with two attached hydrogens (primary N) is 1. The van der Waals surface area contributed by atoms with Gasteiger partial charge >= 0.3 is 22.3 Å². The molecule has 0 bridgehead atoms. The summed E-state index contributed by atoms with van der Waals surface area (Å²) in [6.45, 7) is 3.05. The number of hydrogen-bond acceptors (Lipinski definition) is 8. The molecule has 25 heavy (non-hydrogen) atoms. The number of carbonyl (C=O) groups is 1. The lowest BCUT2D eigenvalue weighted by molar-refractivity contribution is -0.337. The summed E-state index contributed by atoms with van der Waals surface area (Å²) in [7, 11) is 0. The van der Waals surface area contributed by atoms with Crippen molar-refractivity contribution in [3.63, 3.8) is 0 Å². The first-order chi connectivity index (χ1) is 11.8. The summed E-state index contributed by atoms with van der Waals surface area (Å²) in [6.07, 6.45) is -2.41. The van der Waals surface area contributed by atoms with Crippen LogP contribution in [0.15, 0.2) is 9.59 Å². The molecule has 1 saturated heterocycles. The van der Waals surface area contributed by atoms with Crippen molar-refractivity contribution in [2.75, 3.05) is 5.73 Å². The van der Waals surface area contributed by atoms with E-state index in [1.165, 1.54) is 11.5 Å². The molecule has 10 nitrogen and oxygen atoms in total. The minimum absolute atomic E-state index is 0.0174. The zero-order chi connectivity index (χ0) is 18.3. The maximum Gasteiger partial charge on any atom is 0.353 e. The van der Waals surface area contributed by atoms with Crippen molar-refractivity contribution in [1.29, 1.82) is 0 Å².